The zero-order valence-electron chi connectivity index (χ0n) is 10.2. The first-order valence-electron chi connectivity index (χ1n) is 5.62. The number of hydrogen-bond acceptors (Lipinski definition) is 6. The van der Waals surface area contributed by atoms with Crippen LogP contribution >= 0.6 is 0 Å². The van der Waals surface area contributed by atoms with E-state index in [0.717, 1.165) is 0 Å². The van der Waals surface area contributed by atoms with Crippen molar-refractivity contribution in [1.82, 2.24) is 15.0 Å². The summed E-state index contributed by atoms with van der Waals surface area (Å²) in [6.07, 6.45) is 1.52. The molecule has 0 radical (unpaired) electrons. The second-order valence-corrected chi connectivity index (χ2v) is 4.08. The minimum absolute atomic E-state index is 0.0320. The van der Waals surface area contributed by atoms with Crippen LogP contribution in [0.1, 0.15) is 5.69 Å². The molecule has 104 valence electrons. The topological polar surface area (TPSA) is 137 Å². The molecule has 9 heteroatoms. The SMILES string of the molecule is NC(Cc1cn(-c2cccc([N+](=O)[O-])c2)nn1)C(=O)O. The van der Waals surface area contributed by atoms with Gasteiger partial charge in [-0.25, -0.2) is 4.68 Å². The van der Waals surface area contributed by atoms with E-state index in [2.05, 4.69) is 10.3 Å². The number of nitrogens with zero attached hydrogens (tertiary/aromatic N) is 4. The van der Waals surface area contributed by atoms with Crippen LogP contribution in [0.25, 0.3) is 5.69 Å². The maximum atomic E-state index is 10.7. The van der Waals surface area contributed by atoms with E-state index in [1.165, 1.54) is 29.1 Å². The van der Waals surface area contributed by atoms with Gasteiger partial charge in [0.05, 0.1) is 22.5 Å². The first kappa shape index (κ1) is 13.6. The number of aliphatic carboxylic acids is 1. The van der Waals surface area contributed by atoms with Crippen LogP contribution in [0.3, 0.4) is 0 Å². The molecule has 0 fully saturated rings. The average Bonchev–Trinajstić information content (AvgIpc) is 2.87. The monoisotopic (exact) mass is 277 g/mol. The number of carboxylic acids is 1. The summed E-state index contributed by atoms with van der Waals surface area (Å²) in [5.74, 6) is -1.13. The molecule has 0 aliphatic carbocycles. The lowest BCUT2D eigenvalue weighted by Crippen LogP contribution is -2.32. The Balaban J connectivity index is 2.22. The highest BCUT2D eigenvalue weighted by Gasteiger charge is 2.15. The number of nitro groups is 1. The maximum Gasteiger partial charge on any atom is 0.320 e. The van der Waals surface area contributed by atoms with Crippen LogP contribution < -0.4 is 5.73 Å². The molecule has 0 amide bonds. The van der Waals surface area contributed by atoms with E-state index in [-0.39, 0.29) is 12.1 Å². The molecular formula is C11H11N5O4. The lowest BCUT2D eigenvalue weighted by Gasteiger charge is -2.01. The first-order chi connectivity index (χ1) is 9.47. The van der Waals surface area contributed by atoms with Crippen molar-refractivity contribution < 1.29 is 14.8 Å². The van der Waals surface area contributed by atoms with Gasteiger partial charge in [-0.2, -0.15) is 0 Å². The summed E-state index contributed by atoms with van der Waals surface area (Å²) in [6.45, 7) is 0. The Morgan fingerprint density at radius 3 is 2.95 bits per heavy atom. The van der Waals surface area contributed by atoms with Gasteiger partial charge in [0.25, 0.3) is 5.69 Å². The lowest BCUT2D eigenvalue weighted by molar-refractivity contribution is -0.384. The van der Waals surface area contributed by atoms with E-state index >= 15 is 0 Å². The second kappa shape index (κ2) is 5.45. The Labute approximate surface area is 112 Å². The number of nitrogens with two attached hydrogens (primary N) is 1. The van der Waals surface area contributed by atoms with Crippen LogP contribution in [-0.2, 0) is 11.2 Å². The molecule has 0 saturated carbocycles. The smallest absolute Gasteiger partial charge is 0.320 e. The molecule has 9 nitrogen and oxygen atoms in total. The minimum Gasteiger partial charge on any atom is -0.480 e. The van der Waals surface area contributed by atoms with E-state index < -0.39 is 16.9 Å². The Bertz CT molecular complexity index is 654. The first-order valence-corrected chi connectivity index (χ1v) is 5.62. The fourth-order valence-corrected chi connectivity index (χ4v) is 1.58. The number of non-ortho nitro benzene ring substituents is 1. The highest BCUT2D eigenvalue weighted by molar-refractivity contribution is 5.73. The van der Waals surface area contributed by atoms with E-state index in [4.69, 9.17) is 10.8 Å². The highest BCUT2D eigenvalue weighted by Crippen LogP contribution is 2.16. The van der Waals surface area contributed by atoms with Crippen LogP contribution in [0.5, 0.6) is 0 Å². The van der Waals surface area contributed by atoms with Crippen molar-refractivity contribution >= 4 is 11.7 Å². The zero-order chi connectivity index (χ0) is 14.7. The maximum absolute atomic E-state index is 10.7. The van der Waals surface area contributed by atoms with Gasteiger partial charge >= 0.3 is 5.97 Å². The van der Waals surface area contributed by atoms with Gasteiger partial charge in [0.1, 0.15) is 6.04 Å². The molecule has 1 aromatic carbocycles. The summed E-state index contributed by atoms with van der Waals surface area (Å²) < 4.78 is 1.33. The number of aromatic nitrogens is 3. The Kier molecular flexibility index (Phi) is 3.71. The molecule has 3 N–H and O–H groups in total. The third-order valence-corrected chi connectivity index (χ3v) is 2.59. The molecule has 2 aromatic rings. The quantitative estimate of drug-likeness (QED) is 0.585. The summed E-state index contributed by atoms with van der Waals surface area (Å²) >= 11 is 0. The van der Waals surface area contributed by atoms with Gasteiger partial charge in [-0.1, -0.05) is 11.3 Å². The van der Waals surface area contributed by atoms with Crippen molar-refractivity contribution in [3.63, 3.8) is 0 Å². The highest BCUT2D eigenvalue weighted by atomic mass is 16.6. The van der Waals surface area contributed by atoms with Crippen molar-refractivity contribution in [3.8, 4) is 5.69 Å². The van der Waals surface area contributed by atoms with Crippen LogP contribution in [0.2, 0.25) is 0 Å². The van der Waals surface area contributed by atoms with Crippen LogP contribution in [0.4, 0.5) is 5.69 Å². The average molecular weight is 277 g/mol. The number of carbonyl (C=O) groups is 1. The predicted octanol–water partition coefficient (Wildman–Crippen LogP) is 0.130. The molecule has 0 saturated heterocycles. The Morgan fingerprint density at radius 1 is 1.55 bits per heavy atom. The minimum atomic E-state index is -1.13. The molecular weight excluding hydrogens is 266 g/mol. The predicted molar refractivity (Wildman–Crippen MR) is 67.3 cm³/mol. The summed E-state index contributed by atoms with van der Waals surface area (Å²) in [4.78, 5) is 20.8. The van der Waals surface area contributed by atoms with Gasteiger partial charge in [0.15, 0.2) is 0 Å². The molecule has 1 atom stereocenters. The van der Waals surface area contributed by atoms with E-state index in [1.54, 1.807) is 6.07 Å². The molecule has 1 unspecified atom stereocenters. The number of rotatable bonds is 5. The third kappa shape index (κ3) is 2.95. The number of benzene rings is 1. The fourth-order valence-electron chi connectivity index (χ4n) is 1.58. The number of hydrogen-bond donors (Lipinski definition) is 2. The molecule has 0 bridgehead atoms. The standard InChI is InChI=1S/C11H11N5O4/c12-10(11(17)18)4-7-6-15(14-13-7)8-2-1-3-9(5-8)16(19)20/h1-3,5-6,10H,4,12H2,(H,17,18). The van der Waals surface area contributed by atoms with E-state index in [9.17, 15) is 14.9 Å². The van der Waals surface area contributed by atoms with Gasteiger partial charge in [-0.15, -0.1) is 5.10 Å². The van der Waals surface area contributed by atoms with Crippen molar-refractivity contribution in [2.24, 2.45) is 5.73 Å². The Hall–Kier alpha value is -2.81. The van der Waals surface area contributed by atoms with Gasteiger partial charge in [-0.3, -0.25) is 14.9 Å². The summed E-state index contributed by atoms with van der Waals surface area (Å²) in [7, 11) is 0. The van der Waals surface area contributed by atoms with Gasteiger partial charge in [0, 0.05) is 18.6 Å². The molecule has 0 aliphatic heterocycles. The summed E-state index contributed by atoms with van der Waals surface area (Å²) in [5, 5.41) is 27.0. The molecule has 1 aromatic heterocycles. The molecule has 2 rings (SSSR count). The molecule has 1 heterocycles. The van der Waals surface area contributed by atoms with E-state index in [1.807, 2.05) is 0 Å². The van der Waals surface area contributed by atoms with Crippen molar-refractivity contribution in [2.45, 2.75) is 12.5 Å². The number of nitro benzene ring substituents is 1. The largest absolute Gasteiger partial charge is 0.480 e. The van der Waals surface area contributed by atoms with Crippen molar-refractivity contribution in [3.05, 3.63) is 46.3 Å². The van der Waals surface area contributed by atoms with E-state index in [0.29, 0.717) is 11.4 Å². The Morgan fingerprint density at radius 2 is 2.30 bits per heavy atom. The van der Waals surface area contributed by atoms with Crippen molar-refractivity contribution in [2.75, 3.05) is 0 Å². The third-order valence-electron chi connectivity index (χ3n) is 2.59. The lowest BCUT2D eigenvalue weighted by atomic mass is 10.2. The zero-order valence-corrected chi connectivity index (χ0v) is 10.2. The summed E-state index contributed by atoms with van der Waals surface area (Å²) in [6, 6.07) is 4.79. The van der Waals surface area contributed by atoms with Crippen LogP contribution in [-0.4, -0.2) is 37.0 Å². The van der Waals surface area contributed by atoms with Gasteiger partial charge < -0.3 is 10.8 Å². The van der Waals surface area contributed by atoms with Gasteiger partial charge in [-0.05, 0) is 6.07 Å². The van der Waals surface area contributed by atoms with Gasteiger partial charge in [0.2, 0.25) is 0 Å². The molecule has 0 aliphatic rings. The molecule has 20 heavy (non-hydrogen) atoms. The normalized spacial score (nSPS) is 12.1. The second-order valence-electron chi connectivity index (χ2n) is 4.08. The fraction of sp³-hybridized carbons (Fsp3) is 0.182. The molecule has 0 spiro atoms. The summed E-state index contributed by atoms with van der Waals surface area (Å²) in [5.41, 5.74) is 6.18. The van der Waals surface area contributed by atoms with Crippen molar-refractivity contribution in [1.29, 1.82) is 0 Å². The van der Waals surface area contributed by atoms with Crippen LogP contribution in [0, 0.1) is 10.1 Å². The van der Waals surface area contributed by atoms with Crippen LogP contribution in [0.15, 0.2) is 30.5 Å². The number of carboxylic acid groups (broad SMARTS) is 1.